The molecule has 3 aromatic carbocycles. The normalized spacial score (nSPS) is 12.1. The third-order valence-electron chi connectivity index (χ3n) is 6.52. The summed E-state index contributed by atoms with van der Waals surface area (Å²) >= 11 is 1.32. The molecule has 40 heavy (non-hydrogen) atoms. The van der Waals surface area contributed by atoms with Gasteiger partial charge in [0.1, 0.15) is 11.3 Å². The fourth-order valence-corrected chi connectivity index (χ4v) is 5.17. The SMILES string of the molecule is Cc1c(N=c2scc(-c3cc4ccccc4o3)n2N=Cc2ccc([N+](=O)[O-])cc2)c(=O)n(-c2ccccc2)n1C. The van der Waals surface area contributed by atoms with Crippen LogP contribution in [0.25, 0.3) is 28.1 Å². The molecule has 3 aromatic heterocycles. The van der Waals surface area contributed by atoms with Crippen LogP contribution in [0.5, 0.6) is 0 Å². The Labute approximate surface area is 231 Å². The van der Waals surface area contributed by atoms with Crippen LogP contribution in [0.1, 0.15) is 11.3 Å². The van der Waals surface area contributed by atoms with E-state index in [2.05, 4.69) is 5.10 Å². The van der Waals surface area contributed by atoms with Gasteiger partial charge in [-0.05, 0) is 48.9 Å². The van der Waals surface area contributed by atoms with Crippen molar-refractivity contribution >= 4 is 39.9 Å². The van der Waals surface area contributed by atoms with Crippen LogP contribution in [0.2, 0.25) is 0 Å². The molecule has 6 aromatic rings. The van der Waals surface area contributed by atoms with E-state index < -0.39 is 4.92 Å². The zero-order valence-electron chi connectivity index (χ0n) is 21.5. The number of thiazole rings is 1. The highest BCUT2D eigenvalue weighted by molar-refractivity contribution is 7.07. The summed E-state index contributed by atoms with van der Waals surface area (Å²) in [7, 11) is 1.82. The third kappa shape index (κ3) is 4.48. The first-order valence-electron chi connectivity index (χ1n) is 12.3. The smallest absolute Gasteiger partial charge is 0.297 e. The van der Waals surface area contributed by atoms with Crippen LogP contribution >= 0.6 is 11.3 Å². The minimum absolute atomic E-state index is 0.00626. The highest BCUT2D eigenvalue weighted by Crippen LogP contribution is 2.28. The Hall–Kier alpha value is -5.29. The molecule has 0 unspecified atom stereocenters. The van der Waals surface area contributed by atoms with Gasteiger partial charge in [0, 0.05) is 29.9 Å². The summed E-state index contributed by atoms with van der Waals surface area (Å²) in [4.78, 5) is 29.3. The average Bonchev–Trinajstić information content (AvgIpc) is 3.63. The van der Waals surface area contributed by atoms with Crippen LogP contribution in [0.15, 0.2) is 110 Å². The standard InChI is InChI=1S/C29H22N6O4S/c1-19-27(28(36)34(32(19)2)22-9-4-3-5-10-22)31-29-33(30-17-20-12-14-23(15-13-20)35(37)38)24(18-40-29)26-16-21-8-6-7-11-25(21)39-26/h3-18H,1-2H3. The zero-order valence-corrected chi connectivity index (χ0v) is 22.3. The molecule has 0 saturated heterocycles. The predicted octanol–water partition coefficient (Wildman–Crippen LogP) is 5.78. The van der Waals surface area contributed by atoms with Crippen molar-refractivity contribution in [1.29, 1.82) is 0 Å². The number of fused-ring (bicyclic) bond motifs is 1. The summed E-state index contributed by atoms with van der Waals surface area (Å²) < 4.78 is 11.1. The molecular formula is C29H22N6O4S. The summed E-state index contributed by atoms with van der Waals surface area (Å²) in [6.07, 6.45) is 1.59. The fourth-order valence-electron chi connectivity index (χ4n) is 4.35. The van der Waals surface area contributed by atoms with E-state index in [-0.39, 0.29) is 11.2 Å². The third-order valence-corrected chi connectivity index (χ3v) is 7.34. The van der Waals surface area contributed by atoms with Crippen molar-refractivity contribution in [1.82, 2.24) is 14.0 Å². The second-order valence-corrected chi connectivity index (χ2v) is 9.82. The van der Waals surface area contributed by atoms with Crippen molar-refractivity contribution in [2.75, 3.05) is 0 Å². The molecular weight excluding hydrogens is 528 g/mol. The van der Waals surface area contributed by atoms with E-state index in [4.69, 9.17) is 9.41 Å². The number of furan rings is 1. The zero-order chi connectivity index (χ0) is 27.8. The van der Waals surface area contributed by atoms with E-state index in [0.29, 0.717) is 33.2 Å². The van der Waals surface area contributed by atoms with Gasteiger partial charge in [-0.3, -0.25) is 19.6 Å². The van der Waals surface area contributed by atoms with Crippen molar-refractivity contribution in [3.63, 3.8) is 0 Å². The van der Waals surface area contributed by atoms with Gasteiger partial charge in [-0.15, -0.1) is 11.3 Å². The van der Waals surface area contributed by atoms with Gasteiger partial charge in [0.25, 0.3) is 11.2 Å². The predicted molar refractivity (Wildman–Crippen MR) is 155 cm³/mol. The minimum Gasteiger partial charge on any atom is -0.454 e. The number of para-hydroxylation sites is 2. The lowest BCUT2D eigenvalue weighted by molar-refractivity contribution is -0.384. The van der Waals surface area contributed by atoms with Crippen molar-refractivity contribution in [3.8, 4) is 17.1 Å². The number of nitrogens with zero attached hydrogens (tertiary/aromatic N) is 6. The average molecular weight is 551 g/mol. The molecule has 0 atom stereocenters. The number of aromatic nitrogens is 3. The Balaban J connectivity index is 1.52. The molecule has 0 saturated carbocycles. The molecule has 0 radical (unpaired) electrons. The molecule has 0 aliphatic rings. The minimum atomic E-state index is -0.449. The first-order valence-corrected chi connectivity index (χ1v) is 13.2. The molecule has 10 nitrogen and oxygen atoms in total. The van der Waals surface area contributed by atoms with E-state index in [1.807, 2.05) is 80.0 Å². The Morgan fingerprint density at radius 2 is 1.73 bits per heavy atom. The molecule has 0 aliphatic carbocycles. The maximum absolute atomic E-state index is 13.5. The van der Waals surface area contributed by atoms with Crippen LogP contribution in [0.4, 0.5) is 11.4 Å². The topological polar surface area (TPSA) is 113 Å². The number of benzene rings is 3. The van der Waals surface area contributed by atoms with Crippen molar-refractivity contribution in [3.05, 3.63) is 127 Å². The largest absolute Gasteiger partial charge is 0.454 e. The fraction of sp³-hybridized carbons (Fsp3) is 0.0690. The number of non-ortho nitro benzene ring substituents is 1. The van der Waals surface area contributed by atoms with Crippen molar-refractivity contribution in [2.24, 2.45) is 17.1 Å². The van der Waals surface area contributed by atoms with Gasteiger partial charge in [0.2, 0.25) is 4.80 Å². The van der Waals surface area contributed by atoms with Crippen molar-refractivity contribution < 1.29 is 9.34 Å². The highest BCUT2D eigenvalue weighted by atomic mass is 32.1. The van der Waals surface area contributed by atoms with Gasteiger partial charge in [0.15, 0.2) is 11.4 Å². The molecule has 0 spiro atoms. The van der Waals surface area contributed by atoms with E-state index in [9.17, 15) is 14.9 Å². The first kappa shape index (κ1) is 25.0. The second-order valence-electron chi connectivity index (χ2n) is 8.98. The molecule has 0 fully saturated rings. The summed E-state index contributed by atoms with van der Waals surface area (Å²) in [6.45, 7) is 1.85. The lowest BCUT2D eigenvalue weighted by Crippen LogP contribution is -2.19. The lowest BCUT2D eigenvalue weighted by Gasteiger charge is -2.07. The van der Waals surface area contributed by atoms with Gasteiger partial charge in [-0.2, -0.15) is 5.10 Å². The highest BCUT2D eigenvalue weighted by Gasteiger charge is 2.18. The Morgan fingerprint density at radius 1 is 1.00 bits per heavy atom. The van der Waals surface area contributed by atoms with Gasteiger partial charge >= 0.3 is 0 Å². The van der Waals surface area contributed by atoms with Crippen LogP contribution in [-0.4, -0.2) is 25.2 Å². The Bertz CT molecular complexity index is 1990. The molecule has 0 aliphatic heterocycles. The van der Waals surface area contributed by atoms with E-state index in [0.717, 1.165) is 16.7 Å². The van der Waals surface area contributed by atoms with Gasteiger partial charge in [-0.25, -0.2) is 14.4 Å². The Morgan fingerprint density at radius 3 is 2.45 bits per heavy atom. The van der Waals surface area contributed by atoms with Crippen LogP contribution in [0, 0.1) is 17.0 Å². The molecule has 6 rings (SSSR count). The van der Waals surface area contributed by atoms with Crippen LogP contribution in [-0.2, 0) is 7.05 Å². The van der Waals surface area contributed by atoms with E-state index >= 15 is 0 Å². The molecule has 0 bridgehead atoms. The van der Waals surface area contributed by atoms with Gasteiger partial charge < -0.3 is 4.42 Å². The maximum atomic E-state index is 13.5. The molecule has 11 heteroatoms. The second kappa shape index (κ2) is 10.1. The quantitative estimate of drug-likeness (QED) is 0.149. The number of rotatable bonds is 6. The number of hydrogen-bond acceptors (Lipinski definition) is 7. The van der Waals surface area contributed by atoms with Gasteiger partial charge in [-0.1, -0.05) is 36.4 Å². The molecule has 198 valence electrons. The summed E-state index contributed by atoms with van der Waals surface area (Å²) in [5.41, 5.74) is 3.50. The molecule has 3 heterocycles. The van der Waals surface area contributed by atoms with Crippen LogP contribution in [0.3, 0.4) is 0 Å². The summed E-state index contributed by atoms with van der Waals surface area (Å²) in [6, 6.07) is 25.1. The number of hydrogen-bond donors (Lipinski definition) is 0. The summed E-state index contributed by atoms with van der Waals surface area (Å²) in [5.74, 6) is 0.589. The van der Waals surface area contributed by atoms with E-state index in [1.165, 1.54) is 23.5 Å². The van der Waals surface area contributed by atoms with E-state index in [1.54, 1.807) is 32.4 Å². The maximum Gasteiger partial charge on any atom is 0.297 e. The van der Waals surface area contributed by atoms with Gasteiger partial charge in [0.05, 0.1) is 22.5 Å². The Kier molecular flexibility index (Phi) is 6.33. The van der Waals surface area contributed by atoms with Crippen LogP contribution < -0.4 is 10.4 Å². The van der Waals surface area contributed by atoms with Crippen molar-refractivity contribution in [2.45, 2.75) is 6.92 Å². The molecule has 0 amide bonds. The number of nitro benzene ring substituents is 1. The molecule has 0 N–H and O–H groups in total. The lowest BCUT2D eigenvalue weighted by atomic mass is 10.2. The monoisotopic (exact) mass is 550 g/mol. The number of nitro groups is 1. The first-order chi connectivity index (χ1) is 19.4. The summed E-state index contributed by atoms with van der Waals surface area (Å²) in [5, 5.41) is 18.5.